The third-order valence-electron chi connectivity index (χ3n) is 6.43. The minimum atomic E-state index is -0.0213. The molecule has 1 atom stereocenters. The van der Waals surface area contributed by atoms with Crippen LogP contribution in [0.5, 0.6) is 5.75 Å². The molecular weight excluding hydrogens is 436 g/mol. The molecule has 2 aliphatic carbocycles. The number of rotatable bonds is 11. The summed E-state index contributed by atoms with van der Waals surface area (Å²) < 4.78 is 5.89. The second-order valence-corrected chi connectivity index (χ2v) is 9.51. The van der Waals surface area contributed by atoms with Crippen LogP contribution < -0.4 is 15.6 Å². The first-order valence-electron chi connectivity index (χ1n) is 12.2. The van der Waals surface area contributed by atoms with E-state index in [4.69, 9.17) is 16.3 Å². The van der Waals surface area contributed by atoms with E-state index in [-0.39, 0.29) is 11.5 Å². The van der Waals surface area contributed by atoms with Crippen molar-refractivity contribution in [2.24, 2.45) is 5.92 Å². The molecule has 1 aromatic heterocycles. The van der Waals surface area contributed by atoms with Gasteiger partial charge in [-0.3, -0.25) is 9.59 Å². The molecule has 6 heteroatoms. The van der Waals surface area contributed by atoms with Crippen molar-refractivity contribution in [3.05, 3.63) is 68.6 Å². The van der Waals surface area contributed by atoms with Crippen molar-refractivity contribution in [1.82, 2.24) is 10.3 Å². The molecular formula is C27H33ClN2O3. The van der Waals surface area contributed by atoms with Gasteiger partial charge in [0.25, 0.3) is 5.56 Å². The molecule has 0 radical (unpaired) electrons. The van der Waals surface area contributed by atoms with Crippen molar-refractivity contribution in [3.63, 3.8) is 0 Å². The van der Waals surface area contributed by atoms with E-state index in [1.54, 1.807) is 0 Å². The zero-order valence-corrected chi connectivity index (χ0v) is 20.0. The fourth-order valence-corrected chi connectivity index (χ4v) is 4.65. The molecule has 1 aromatic carbocycles. The lowest BCUT2D eigenvalue weighted by molar-refractivity contribution is -0.117. The summed E-state index contributed by atoms with van der Waals surface area (Å²) in [6, 6.07) is 9.71. The van der Waals surface area contributed by atoms with Gasteiger partial charge in [0.15, 0.2) is 0 Å². The van der Waals surface area contributed by atoms with Crippen LogP contribution in [0.3, 0.4) is 0 Å². The van der Waals surface area contributed by atoms with Crippen LogP contribution in [0.1, 0.15) is 74.6 Å². The van der Waals surface area contributed by atoms with Crippen molar-refractivity contribution < 1.29 is 9.53 Å². The number of ketones is 1. The number of nitrogens with one attached hydrogen (secondary N) is 2. The summed E-state index contributed by atoms with van der Waals surface area (Å²) in [5, 5.41) is 3.85. The molecule has 2 fully saturated rings. The Morgan fingerprint density at radius 2 is 2.03 bits per heavy atom. The van der Waals surface area contributed by atoms with Crippen LogP contribution in [0.25, 0.3) is 5.57 Å². The summed E-state index contributed by atoms with van der Waals surface area (Å²) >= 11 is 6.58. The van der Waals surface area contributed by atoms with Gasteiger partial charge in [-0.2, -0.15) is 0 Å². The van der Waals surface area contributed by atoms with Gasteiger partial charge in [0.2, 0.25) is 0 Å². The third-order valence-corrected chi connectivity index (χ3v) is 6.73. The van der Waals surface area contributed by atoms with Gasteiger partial charge in [-0.1, -0.05) is 36.7 Å². The Balaban J connectivity index is 1.55. The van der Waals surface area contributed by atoms with Crippen LogP contribution in [-0.4, -0.2) is 30.5 Å². The topological polar surface area (TPSA) is 71.2 Å². The van der Waals surface area contributed by atoms with Crippen LogP contribution in [0.4, 0.5) is 0 Å². The maximum Gasteiger partial charge on any atom is 0.251 e. The number of halogens is 1. The molecule has 2 saturated carbocycles. The molecule has 1 heterocycles. The number of hydrogen-bond donors (Lipinski definition) is 2. The van der Waals surface area contributed by atoms with E-state index < -0.39 is 0 Å². The largest absolute Gasteiger partial charge is 0.492 e. The SMILES string of the molecule is CCNCCCCOc1ccc(/C(=C\[C@H]2CCC(=O)C2)c2ccc(C3CC3)c(=O)[nH]2)cc1Cl. The zero-order chi connectivity index (χ0) is 23.2. The van der Waals surface area contributed by atoms with Crippen LogP contribution in [0.2, 0.25) is 5.02 Å². The molecule has 0 spiro atoms. The number of Topliss-reactive ketones (excluding diaryl/α,β-unsaturated/α-hetero) is 1. The van der Waals surface area contributed by atoms with Crippen LogP contribution in [0.15, 0.2) is 41.2 Å². The number of hydrogen-bond acceptors (Lipinski definition) is 4. The average molecular weight is 469 g/mol. The highest BCUT2D eigenvalue weighted by molar-refractivity contribution is 6.32. The Morgan fingerprint density at radius 3 is 2.70 bits per heavy atom. The normalized spacial score (nSPS) is 18.7. The van der Waals surface area contributed by atoms with Crippen molar-refractivity contribution in [3.8, 4) is 5.75 Å². The summed E-state index contributed by atoms with van der Waals surface area (Å²) in [7, 11) is 0. The highest BCUT2D eigenvalue weighted by atomic mass is 35.5. The number of carbonyl (C=O) groups is 1. The van der Waals surface area contributed by atoms with E-state index in [9.17, 15) is 9.59 Å². The molecule has 5 nitrogen and oxygen atoms in total. The molecule has 0 aliphatic heterocycles. The predicted molar refractivity (Wildman–Crippen MR) is 133 cm³/mol. The fourth-order valence-electron chi connectivity index (χ4n) is 4.42. The smallest absolute Gasteiger partial charge is 0.251 e. The Hall–Kier alpha value is -2.37. The Bertz CT molecular complexity index is 1070. The zero-order valence-electron chi connectivity index (χ0n) is 19.3. The molecule has 0 amide bonds. The second-order valence-electron chi connectivity index (χ2n) is 9.11. The average Bonchev–Trinajstić information content (AvgIpc) is 3.56. The summed E-state index contributed by atoms with van der Waals surface area (Å²) in [6.07, 6.45) is 8.32. The summed E-state index contributed by atoms with van der Waals surface area (Å²) in [5.41, 5.74) is 3.43. The summed E-state index contributed by atoms with van der Waals surface area (Å²) in [6.45, 7) is 4.69. The van der Waals surface area contributed by atoms with Gasteiger partial charge < -0.3 is 15.0 Å². The Morgan fingerprint density at radius 1 is 1.18 bits per heavy atom. The quantitative estimate of drug-likeness (QED) is 0.428. The highest BCUT2D eigenvalue weighted by Crippen LogP contribution is 2.39. The van der Waals surface area contributed by atoms with Gasteiger partial charge >= 0.3 is 0 Å². The lowest BCUT2D eigenvalue weighted by atomic mass is 9.95. The van der Waals surface area contributed by atoms with Crippen molar-refractivity contribution >= 4 is 23.0 Å². The van der Waals surface area contributed by atoms with E-state index >= 15 is 0 Å². The minimum absolute atomic E-state index is 0.0213. The number of aromatic nitrogens is 1. The number of benzene rings is 1. The Kier molecular flexibility index (Phi) is 8.05. The van der Waals surface area contributed by atoms with E-state index in [1.165, 1.54) is 0 Å². The number of pyridine rings is 1. The van der Waals surface area contributed by atoms with E-state index in [0.717, 1.165) is 67.6 Å². The molecule has 0 bridgehead atoms. The second kappa shape index (κ2) is 11.2. The predicted octanol–water partition coefficient (Wildman–Crippen LogP) is 5.48. The van der Waals surface area contributed by atoms with E-state index in [1.807, 2.05) is 30.3 Å². The van der Waals surface area contributed by atoms with Gasteiger partial charge in [0, 0.05) is 29.7 Å². The minimum Gasteiger partial charge on any atom is -0.492 e. The maximum atomic E-state index is 12.7. The lowest BCUT2D eigenvalue weighted by Crippen LogP contribution is -2.14. The molecule has 0 unspecified atom stereocenters. The number of carbonyl (C=O) groups excluding carboxylic acids is 1. The molecule has 4 rings (SSSR count). The van der Waals surface area contributed by atoms with Gasteiger partial charge in [-0.05, 0) is 80.8 Å². The monoisotopic (exact) mass is 468 g/mol. The third kappa shape index (κ3) is 6.36. The molecule has 0 saturated heterocycles. The first-order valence-corrected chi connectivity index (χ1v) is 12.5. The molecule has 176 valence electrons. The van der Waals surface area contributed by atoms with Crippen molar-refractivity contribution in [1.29, 1.82) is 0 Å². The van der Waals surface area contributed by atoms with Gasteiger partial charge in [-0.15, -0.1) is 0 Å². The number of allylic oxidation sites excluding steroid dienone is 1. The number of ether oxygens (including phenoxy) is 1. The summed E-state index contributed by atoms with van der Waals surface area (Å²) in [4.78, 5) is 27.6. The number of unbranched alkanes of at least 4 members (excludes halogenated alkanes) is 1. The van der Waals surface area contributed by atoms with Gasteiger partial charge in [-0.25, -0.2) is 0 Å². The first-order chi connectivity index (χ1) is 16.0. The lowest BCUT2D eigenvalue weighted by Gasteiger charge is -2.14. The first kappa shape index (κ1) is 23.8. The summed E-state index contributed by atoms with van der Waals surface area (Å²) in [5.74, 6) is 1.53. The van der Waals surface area contributed by atoms with Gasteiger partial charge in [0.1, 0.15) is 11.5 Å². The highest BCUT2D eigenvalue weighted by Gasteiger charge is 2.27. The van der Waals surface area contributed by atoms with E-state index in [0.29, 0.717) is 41.9 Å². The molecule has 2 aromatic rings. The number of aromatic amines is 1. The van der Waals surface area contributed by atoms with Crippen molar-refractivity contribution in [2.45, 2.75) is 57.8 Å². The van der Waals surface area contributed by atoms with E-state index in [2.05, 4.69) is 23.3 Å². The Labute approximate surface area is 200 Å². The standard InChI is InChI=1S/C27H33ClN2O3/c1-2-29-13-3-4-14-33-26-12-8-20(17-24(26)28)23(16-18-5-9-21(31)15-18)25-11-10-22(19-6-7-19)27(32)30-25/h8,10-12,16-19,29H,2-7,9,13-15H2,1H3,(H,30,32)/b23-16+/t18-/m0/s1. The van der Waals surface area contributed by atoms with Crippen LogP contribution >= 0.6 is 11.6 Å². The van der Waals surface area contributed by atoms with Gasteiger partial charge in [0.05, 0.1) is 11.6 Å². The number of H-pyrrole nitrogens is 1. The molecule has 33 heavy (non-hydrogen) atoms. The van der Waals surface area contributed by atoms with Crippen LogP contribution in [-0.2, 0) is 4.79 Å². The maximum absolute atomic E-state index is 12.7. The van der Waals surface area contributed by atoms with Crippen molar-refractivity contribution in [2.75, 3.05) is 19.7 Å². The fraction of sp³-hybridized carbons (Fsp3) is 0.481. The van der Waals surface area contributed by atoms with Crippen LogP contribution in [0, 0.1) is 5.92 Å². The molecule has 2 aliphatic rings. The molecule has 2 N–H and O–H groups in total.